The van der Waals surface area contributed by atoms with Crippen molar-refractivity contribution in [1.82, 2.24) is 20.0 Å². The number of hydrogen-bond acceptors (Lipinski definition) is 3. The lowest BCUT2D eigenvalue weighted by atomic mass is 10.2. The Kier molecular flexibility index (Phi) is 6.16. The van der Waals surface area contributed by atoms with Crippen LogP contribution in [0.1, 0.15) is 18.4 Å². The van der Waals surface area contributed by atoms with E-state index in [1.54, 1.807) is 14.7 Å². The molecule has 0 radical (unpaired) electrons. The van der Waals surface area contributed by atoms with Gasteiger partial charge >= 0.3 is 12.1 Å². The highest BCUT2D eigenvalue weighted by molar-refractivity contribution is 5.90. The van der Waals surface area contributed by atoms with Crippen molar-refractivity contribution in [3.63, 3.8) is 0 Å². The van der Waals surface area contributed by atoms with Crippen LogP contribution in [0.25, 0.3) is 0 Å². The molecule has 2 aliphatic heterocycles. The minimum atomic E-state index is -0.169. The molecule has 2 heterocycles. The molecular weight excluding hydrogens is 346 g/mol. The fraction of sp³-hybridized carbons (Fsp3) is 0.526. The summed E-state index contributed by atoms with van der Waals surface area (Å²) >= 11 is 0. The molecule has 0 unspecified atom stereocenters. The summed E-state index contributed by atoms with van der Waals surface area (Å²) in [6.45, 7) is 5.39. The van der Waals surface area contributed by atoms with Crippen LogP contribution in [0.3, 0.4) is 0 Å². The molecule has 0 bridgehead atoms. The summed E-state index contributed by atoms with van der Waals surface area (Å²) in [5.74, 6) is -0.110. The van der Waals surface area contributed by atoms with E-state index in [4.69, 9.17) is 0 Å². The SMILES string of the molecule is Cc1cccc(NC(=O)N2CCN(C(=O)CNC(=O)N3CCCC3)CC2)c1. The molecule has 146 valence electrons. The molecule has 0 atom stereocenters. The quantitative estimate of drug-likeness (QED) is 0.842. The third-order valence-corrected chi connectivity index (χ3v) is 4.97. The number of aryl methyl sites for hydroxylation is 1. The zero-order chi connectivity index (χ0) is 19.2. The zero-order valence-corrected chi connectivity index (χ0v) is 15.7. The van der Waals surface area contributed by atoms with Gasteiger partial charge in [-0.05, 0) is 37.5 Å². The molecule has 8 heteroatoms. The molecule has 0 aromatic heterocycles. The number of urea groups is 2. The first kappa shape index (κ1) is 19.0. The summed E-state index contributed by atoms with van der Waals surface area (Å²) < 4.78 is 0. The average molecular weight is 373 g/mol. The molecule has 0 saturated carbocycles. The lowest BCUT2D eigenvalue weighted by Crippen LogP contribution is -2.54. The van der Waals surface area contributed by atoms with Gasteiger partial charge in [-0.1, -0.05) is 12.1 Å². The van der Waals surface area contributed by atoms with Gasteiger partial charge in [0.15, 0.2) is 0 Å². The Morgan fingerprint density at radius 3 is 2.19 bits per heavy atom. The van der Waals surface area contributed by atoms with Crippen LogP contribution in [-0.4, -0.2) is 78.5 Å². The topological polar surface area (TPSA) is 85.0 Å². The highest BCUT2D eigenvalue weighted by Crippen LogP contribution is 2.12. The highest BCUT2D eigenvalue weighted by atomic mass is 16.2. The van der Waals surface area contributed by atoms with E-state index in [0.717, 1.165) is 37.2 Å². The van der Waals surface area contributed by atoms with Crippen molar-refractivity contribution in [2.75, 3.05) is 51.1 Å². The number of likely N-dealkylation sites (tertiary alicyclic amines) is 1. The van der Waals surface area contributed by atoms with Crippen molar-refractivity contribution in [2.45, 2.75) is 19.8 Å². The largest absolute Gasteiger partial charge is 0.338 e. The van der Waals surface area contributed by atoms with E-state index in [-0.39, 0.29) is 24.5 Å². The first-order valence-electron chi connectivity index (χ1n) is 9.46. The summed E-state index contributed by atoms with van der Waals surface area (Å²) in [6, 6.07) is 7.32. The Morgan fingerprint density at radius 2 is 1.52 bits per heavy atom. The van der Waals surface area contributed by atoms with E-state index in [9.17, 15) is 14.4 Å². The molecule has 0 spiro atoms. The molecule has 2 fully saturated rings. The molecule has 3 rings (SSSR count). The maximum atomic E-state index is 12.4. The number of carbonyl (C=O) groups is 3. The Morgan fingerprint density at radius 1 is 0.889 bits per heavy atom. The van der Waals surface area contributed by atoms with Crippen LogP contribution >= 0.6 is 0 Å². The third kappa shape index (κ3) is 5.12. The Labute approximate surface area is 159 Å². The predicted molar refractivity (Wildman–Crippen MR) is 103 cm³/mol. The van der Waals surface area contributed by atoms with Gasteiger partial charge < -0.3 is 25.3 Å². The number of piperazine rings is 1. The molecule has 8 nitrogen and oxygen atoms in total. The van der Waals surface area contributed by atoms with Gasteiger partial charge in [-0.25, -0.2) is 9.59 Å². The van der Waals surface area contributed by atoms with E-state index in [1.165, 1.54) is 0 Å². The van der Waals surface area contributed by atoms with Crippen molar-refractivity contribution >= 4 is 23.7 Å². The number of nitrogens with zero attached hydrogens (tertiary/aromatic N) is 3. The number of amides is 5. The number of anilines is 1. The van der Waals surface area contributed by atoms with Gasteiger partial charge in [-0.3, -0.25) is 4.79 Å². The summed E-state index contributed by atoms with van der Waals surface area (Å²) in [7, 11) is 0. The first-order chi connectivity index (χ1) is 13.0. The average Bonchev–Trinajstić information content (AvgIpc) is 3.21. The van der Waals surface area contributed by atoms with E-state index < -0.39 is 0 Å². The lowest BCUT2D eigenvalue weighted by molar-refractivity contribution is -0.131. The number of rotatable bonds is 3. The molecule has 2 N–H and O–H groups in total. The summed E-state index contributed by atoms with van der Waals surface area (Å²) in [6.07, 6.45) is 2.04. The van der Waals surface area contributed by atoms with E-state index in [0.29, 0.717) is 26.2 Å². The monoisotopic (exact) mass is 373 g/mol. The van der Waals surface area contributed by atoms with Gasteiger partial charge in [-0.2, -0.15) is 0 Å². The van der Waals surface area contributed by atoms with Gasteiger partial charge in [0, 0.05) is 45.0 Å². The van der Waals surface area contributed by atoms with E-state index in [1.807, 2.05) is 31.2 Å². The Bertz CT molecular complexity index is 694. The van der Waals surface area contributed by atoms with Gasteiger partial charge in [0.2, 0.25) is 5.91 Å². The fourth-order valence-electron chi connectivity index (χ4n) is 3.38. The predicted octanol–water partition coefficient (Wildman–Crippen LogP) is 1.48. The van der Waals surface area contributed by atoms with Gasteiger partial charge in [0.1, 0.15) is 0 Å². The Hall–Kier alpha value is -2.77. The van der Waals surface area contributed by atoms with Crippen LogP contribution in [-0.2, 0) is 4.79 Å². The summed E-state index contributed by atoms with van der Waals surface area (Å²) in [5.41, 5.74) is 1.85. The highest BCUT2D eigenvalue weighted by Gasteiger charge is 2.25. The number of hydrogen-bond donors (Lipinski definition) is 2. The van der Waals surface area contributed by atoms with Crippen molar-refractivity contribution in [3.8, 4) is 0 Å². The van der Waals surface area contributed by atoms with E-state index in [2.05, 4.69) is 10.6 Å². The second-order valence-corrected chi connectivity index (χ2v) is 7.02. The normalized spacial score (nSPS) is 17.0. The molecule has 2 saturated heterocycles. The van der Waals surface area contributed by atoms with Gasteiger partial charge in [0.25, 0.3) is 0 Å². The maximum absolute atomic E-state index is 12.4. The minimum Gasteiger partial charge on any atom is -0.338 e. The van der Waals surface area contributed by atoms with Crippen LogP contribution in [0.2, 0.25) is 0 Å². The van der Waals surface area contributed by atoms with E-state index >= 15 is 0 Å². The van der Waals surface area contributed by atoms with Crippen LogP contribution in [0.5, 0.6) is 0 Å². The third-order valence-electron chi connectivity index (χ3n) is 4.97. The van der Waals surface area contributed by atoms with Crippen molar-refractivity contribution in [3.05, 3.63) is 29.8 Å². The molecular formula is C19H27N5O3. The van der Waals surface area contributed by atoms with Crippen molar-refractivity contribution < 1.29 is 14.4 Å². The molecule has 1 aromatic carbocycles. The van der Waals surface area contributed by atoms with Crippen LogP contribution < -0.4 is 10.6 Å². The molecule has 5 amide bonds. The first-order valence-corrected chi connectivity index (χ1v) is 9.46. The standard InChI is InChI=1S/C19H27N5O3/c1-15-5-4-6-16(13-15)21-19(27)24-11-9-22(10-12-24)17(25)14-20-18(26)23-7-2-3-8-23/h4-6,13H,2-3,7-12,14H2,1H3,(H,20,26)(H,21,27). The summed E-state index contributed by atoms with van der Waals surface area (Å²) in [4.78, 5) is 41.8. The van der Waals surface area contributed by atoms with Gasteiger partial charge in [-0.15, -0.1) is 0 Å². The van der Waals surface area contributed by atoms with Crippen LogP contribution in [0.15, 0.2) is 24.3 Å². The number of benzene rings is 1. The van der Waals surface area contributed by atoms with Crippen LogP contribution in [0, 0.1) is 6.92 Å². The maximum Gasteiger partial charge on any atom is 0.321 e. The van der Waals surface area contributed by atoms with Crippen molar-refractivity contribution in [2.24, 2.45) is 0 Å². The minimum absolute atomic E-state index is 0.00478. The molecule has 0 aliphatic carbocycles. The number of nitrogens with one attached hydrogen (secondary N) is 2. The number of carbonyl (C=O) groups excluding carboxylic acids is 3. The summed E-state index contributed by atoms with van der Waals surface area (Å²) in [5, 5.41) is 5.59. The smallest absolute Gasteiger partial charge is 0.321 e. The molecule has 2 aliphatic rings. The zero-order valence-electron chi connectivity index (χ0n) is 15.7. The second kappa shape index (κ2) is 8.75. The molecule has 1 aromatic rings. The lowest BCUT2D eigenvalue weighted by Gasteiger charge is -2.34. The van der Waals surface area contributed by atoms with Gasteiger partial charge in [0.05, 0.1) is 6.54 Å². The Balaban J connectivity index is 1.40. The fourth-order valence-corrected chi connectivity index (χ4v) is 3.38. The van der Waals surface area contributed by atoms with Crippen LogP contribution in [0.4, 0.5) is 15.3 Å². The second-order valence-electron chi connectivity index (χ2n) is 7.02. The molecule has 27 heavy (non-hydrogen) atoms. The van der Waals surface area contributed by atoms with Crippen molar-refractivity contribution in [1.29, 1.82) is 0 Å².